The second kappa shape index (κ2) is 7.46. The van der Waals surface area contributed by atoms with Crippen molar-refractivity contribution in [2.24, 2.45) is 0 Å². The fourth-order valence-corrected chi connectivity index (χ4v) is 3.02. The summed E-state index contributed by atoms with van der Waals surface area (Å²) in [6.45, 7) is 2.65. The average Bonchev–Trinajstić information content (AvgIpc) is 3.24. The molecule has 1 aliphatic heterocycles. The van der Waals surface area contributed by atoms with Gasteiger partial charge >= 0.3 is 5.97 Å². The molecule has 132 valence electrons. The summed E-state index contributed by atoms with van der Waals surface area (Å²) in [4.78, 5) is 25.3. The number of esters is 1. The number of ether oxygens (including phenoxy) is 1. The molecule has 1 saturated heterocycles. The zero-order valence-corrected chi connectivity index (χ0v) is 14.0. The lowest BCUT2D eigenvalue weighted by Gasteiger charge is -2.19. The Bertz CT molecular complexity index is 761. The molecule has 0 saturated carbocycles. The summed E-state index contributed by atoms with van der Waals surface area (Å²) in [7, 11) is 0. The largest absolute Gasteiger partial charge is 0.458 e. The van der Waals surface area contributed by atoms with Gasteiger partial charge in [0, 0.05) is 31.9 Å². The zero-order chi connectivity index (χ0) is 17.8. The Morgan fingerprint density at radius 2 is 2.24 bits per heavy atom. The van der Waals surface area contributed by atoms with Gasteiger partial charge in [-0.2, -0.15) is 5.10 Å². The second-order valence-corrected chi connectivity index (χ2v) is 5.99. The lowest BCUT2D eigenvalue weighted by molar-refractivity contribution is -0.149. The number of benzene rings is 1. The molecule has 0 radical (unpaired) electrons. The molecule has 25 heavy (non-hydrogen) atoms. The molecule has 1 amide bonds. The van der Waals surface area contributed by atoms with Gasteiger partial charge in [-0.1, -0.05) is 6.07 Å². The monoisotopic (exact) mass is 345 g/mol. The molecule has 6 nitrogen and oxygen atoms in total. The van der Waals surface area contributed by atoms with Crippen LogP contribution in [0.15, 0.2) is 36.7 Å². The first kappa shape index (κ1) is 17.1. The van der Waals surface area contributed by atoms with E-state index in [2.05, 4.69) is 5.10 Å². The van der Waals surface area contributed by atoms with E-state index in [-0.39, 0.29) is 17.9 Å². The lowest BCUT2D eigenvalue weighted by Crippen LogP contribution is -2.28. The predicted octanol–water partition coefficient (Wildman–Crippen LogP) is 2.63. The third kappa shape index (κ3) is 3.87. The van der Waals surface area contributed by atoms with Crippen molar-refractivity contribution < 1.29 is 18.7 Å². The van der Waals surface area contributed by atoms with Gasteiger partial charge in [0.2, 0.25) is 5.91 Å². The molecule has 0 bridgehead atoms. The SMILES string of the molecule is C[C@H](OC(=O)CCN1CCCC1=O)c1c(F)cccc1-n1cccn1. The summed E-state index contributed by atoms with van der Waals surface area (Å²) in [5.41, 5.74) is 0.803. The number of aromatic nitrogens is 2. The first-order valence-corrected chi connectivity index (χ1v) is 8.32. The van der Waals surface area contributed by atoms with Gasteiger partial charge in [-0.3, -0.25) is 9.59 Å². The summed E-state index contributed by atoms with van der Waals surface area (Å²) in [5.74, 6) is -0.846. The van der Waals surface area contributed by atoms with Gasteiger partial charge in [-0.05, 0) is 31.5 Å². The Kier molecular flexibility index (Phi) is 5.11. The van der Waals surface area contributed by atoms with Gasteiger partial charge in [0.15, 0.2) is 0 Å². The van der Waals surface area contributed by atoms with Crippen LogP contribution in [0.4, 0.5) is 4.39 Å². The van der Waals surface area contributed by atoms with E-state index in [9.17, 15) is 14.0 Å². The highest BCUT2D eigenvalue weighted by molar-refractivity contribution is 5.79. The molecule has 1 aromatic carbocycles. The summed E-state index contributed by atoms with van der Waals surface area (Å²) in [5, 5.41) is 4.11. The van der Waals surface area contributed by atoms with Crippen molar-refractivity contribution in [2.45, 2.75) is 32.3 Å². The van der Waals surface area contributed by atoms with E-state index in [0.29, 0.717) is 25.2 Å². The normalized spacial score (nSPS) is 15.4. The van der Waals surface area contributed by atoms with Gasteiger partial charge in [0.1, 0.15) is 11.9 Å². The van der Waals surface area contributed by atoms with Crippen LogP contribution in [0.2, 0.25) is 0 Å². The Balaban J connectivity index is 1.68. The minimum Gasteiger partial charge on any atom is -0.458 e. The standard InChI is InChI=1S/C18H20FN3O3/c1-13(25-17(24)8-12-21-10-3-7-16(21)23)18-14(19)5-2-6-15(18)22-11-4-9-20-22/h2,4-6,9,11,13H,3,7-8,10,12H2,1H3/t13-/m0/s1. The third-order valence-corrected chi connectivity index (χ3v) is 4.25. The van der Waals surface area contributed by atoms with Crippen molar-refractivity contribution in [3.05, 3.63) is 48.0 Å². The third-order valence-electron chi connectivity index (χ3n) is 4.25. The van der Waals surface area contributed by atoms with E-state index >= 15 is 0 Å². The first-order chi connectivity index (χ1) is 12.1. The van der Waals surface area contributed by atoms with E-state index in [1.807, 2.05) is 0 Å². The zero-order valence-electron chi connectivity index (χ0n) is 14.0. The topological polar surface area (TPSA) is 64.4 Å². The molecule has 0 N–H and O–H groups in total. The average molecular weight is 345 g/mol. The first-order valence-electron chi connectivity index (χ1n) is 8.32. The number of carbonyl (C=O) groups is 2. The number of nitrogens with zero attached hydrogens (tertiary/aromatic N) is 3. The summed E-state index contributed by atoms with van der Waals surface area (Å²) < 4.78 is 21.3. The molecule has 0 unspecified atom stereocenters. The van der Waals surface area contributed by atoms with Gasteiger partial charge in [0.05, 0.1) is 17.7 Å². The van der Waals surface area contributed by atoms with Gasteiger partial charge in [-0.15, -0.1) is 0 Å². The van der Waals surface area contributed by atoms with Crippen LogP contribution in [0.5, 0.6) is 0 Å². The quantitative estimate of drug-likeness (QED) is 0.755. The Labute approximate surface area is 145 Å². The lowest BCUT2D eigenvalue weighted by atomic mass is 10.1. The molecule has 2 heterocycles. The van der Waals surface area contributed by atoms with E-state index in [1.165, 1.54) is 10.7 Å². The fourth-order valence-electron chi connectivity index (χ4n) is 3.02. The maximum Gasteiger partial charge on any atom is 0.308 e. The number of halogens is 1. The van der Waals surface area contributed by atoms with Crippen LogP contribution >= 0.6 is 0 Å². The minimum absolute atomic E-state index is 0.0657. The van der Waals surface area contributed by atoms with Crippen LogP contribution in [0.25, 0.3) is 5.69 Å². The van der Waals surface area contributed by atoms with Crippen molar-refractivity contribution in [1.82, 2.24) is 14.7 Å². The molecule has 7 heteroatoms. The summed E-state index contributed by atoms with van der Waals surface area (Å²) in [6, 6.07) is 6.37. The van der Waals surface area contributed by atoms with Crippen LogP contribution in [0.1, 0.15) is 37.9 Å². The smallest absolute Gasteiger partial charge is 0.308 e. The molecule has 1 atom stereocenters. The van der Waals surface area contributed by atoms with Crippen molar-refractivity contribution in [3.63, 3.8) is 0 Å². The maximum atomic E-state index is 14.3. The summed E-state index contributed by atoms with van der Waals surface area (Å²) >= 11 is 0. The van der Waals surface area contributed by atoms with Crippen molar-refractivity contribution in [2.75, 3.05) is 13.1 Å². The molecule has 3 rings (SSSR count). The van der Waals surface area contributed by atoms with Crippen LogP contribution in [-0.4, -0.2) is 39.6 Å². The number of hydrogen-bond donors (Lipinski definition) is 0. The van der Waals surface area contributed by atoms with Gasteiger partial charge in [0.25, 0.3) is 0 Å². The summed E-state index contributed by atoms with van der Waals surface area (Å²) in [6.07, 6.45) is 3.99. The molecule has 0 spiro atoms. The van der Waals surface area contributed by atoms with E-state index < -0.39 is 17.9 Å². The van der Waals surface area contributed by atoms with Gasteiger partial charge in [-0.25, -0.2) is 9.07 Å². The van der Waals surface area contributed by atoms with E-state index in [0.717, 1.165) is 6.42 Å². The van der Waals surface area contributed by atoms with E-state index in [1.54, 1.807) is 42.4 Å². The van der Waals surface area contributed by atoms with Gasteiger partial charge < -0.3 is 9.64 Å². The van der Waals surface area contributed by atoms with Crippen LogP contribution in [-0.2, 0) is 14.3 Å². The van der Waals surface area contributed by atoms with Crippen molar-refractivity contribution in [3.8, 4) is 5.69 Å². The number of carbonyl (C=O) groups excluding carboxylic acids is 2. The molecule has 2 aromatic rings. The molecule has 1 aromatic heterocycles. The Morgan fingerprint density at radius 3 is 2.92 bits per heavy atom. The van der Waals surface area contributed by atoms with Crippen LogP contribution in [0, 0.1) is 5.82 Å². The highest BCUT2D eigenvalue weighted by Gasteiger charge is 2.23. The number of likely N-dealkylation sites (tertiary alicyclic amines) is 1. The molecule has 1 fully saturated rings. The Morgan fingerprint density at radius 1 is 1.40 bits per heavy atom. The van der Waals surface area contributed by atoms with Crippen molar-refractivity contribution >= 4 is 11.9 Å². The molecule has 0 aliphatic carbocycles. The number of hydrogen-bond acceptors (Lipinski definition) is 4. The highest BCUT2D eigenvalue weighted by Crippen LogP contribution is 2.27. The predicted molar refractivity (Wildman–Crippen MR) is 88.5 cm³/mol. The second-order valence-electron chi connectivity index (χ2n) is 5.99. The maximum absolute atomic E-state index is 14.3. The Hall–Kier alpha value is -2.70. The molecular weight excluding hydrogens is 325 g/mol. The molecule has 1 aliphatic rings. The highest BCUT2D eigenvalue weighted by atomic mass is 19.1. The molecular formula is C18H20FN3O3. The number of rotatable bonds is 6. The van der Waals surface area contributed by atoms with Crippen molar-refractivity contribution in [1.29, 1.82) is 0 Å². The number of amides is 1. The minimum atomic E-state index is -0.762. The fraction of sp³-hybridized carbons (Fsp3) is 0.389. The van der Waals surface area contributed by atoms with Crippen LogP contribution in [0.3, 0.4) is 0 Å². The van der Waals surface area contributed by atoms with E-state index in [4.69, 9.17) is 4.74 Å². The van der Waals surface area contributed by atoms with Crippen LogP contribution < -0.4 is 0 Å².